The Kier molecular flexibility index (Phi) is 3.93. The first-order chi connectivity index (χ1) is 10.9. The molecule has 0 aromatic heterocycles. The van der Waals surface area contributed by atoms with Crippen LogP contribution in [0.3, 0.4) is 0 Å². The van der Waals surface area contributed by atoms with Gasteiger partial charge < -0.3 is 24.8 Å². The van der Waals surface area contributed by atoms with Gasteiger partial charge in [0.1, 0.15) is 18.0 Å². The zero-order chi connectivity index (χ0) is 16.6. The molecule has 23 heavy (non-hydrogen) atoms. The minimum Gasteiger partial charge on any atom is -0.456 e. The molecule has 2 heterocycles. The molecule has 0 unspecified atom stereocenters. The van der Waals surface area contributed by atoms with Gasteiger partial charge in [0.05, 0.1) is 6.10 Å². The highest BCUT2D eigenvalue weighted by Gasteiger charge is 2.51. The fraction of sp³-hybridized carbons (Fsp3) is 0.375. The zero-order valence-electron chi connectivity index (χ0n) is 12.1. The van der Waals surface area contributed by atoms with Crippen molar-refractivity contribution in [2.75, 3.05) is 0 Å². The molecule has 1 aromatic carbocycles. The van der Waals surface area contributed by atoms with E-state index in [4.69, 9.17) is 9.47 Å². The van der Waals surface area contributed by atoms with Gasteiger partial charge in [0.15, 0.2) is 5.60 Å². The van der Waals surface area contributed by atoms with Crippen LogP contribution in [0.5, 0.6) is 5.75 Å². The lowest BCUT2D eigenvalue weighted by Gasteiger charge is -2.39. The fourth-order valence-electron chi connectivity index (χ4n) is 2.73. The van der Waals surface area contributed by atoms with E-state index in [1.165, 1.54) is 24.3 Å². The van der Waals surface area contributed by atoms with Gasteiger partial charge >= 0.3 is 11.9 Å². The molecule has 7 nitrogen and oxygen atoms in total. The van der Waals surface area contributed by atoms with Gasteiger partial charge in [0.2, 0.25) is 0 Å². The largest absolute Gasteiger partial charge is 0.456 e. The topological polar surface area (TPSA) is 113 Å². The van der Waals surface area contributed by atoms with E-state index in [0.29, 0.717) is 5.56 Å². The summed E-state index contributed by atoms with van der Waals surface area (Å²) in [5, 5.41) is 30.3. The molecule has 122 valence electrons. The second kappa shape index (κ2) is 5.77. The quantitative estimate of drug-likeness (QED) is 0.447. The summed E-state index contributed by atoms with van der Waals surface area (Å²) in [6.07, 6.45) is -2.13. The molecular formula is C16H16O7. The maximum atomic E-state index is 12.3. The second-order valence-electron chi connectivity index (χ2n) is 5.76. The minimum atomic E-state index is -2.06. The number of hydrogen-bond acceptors (Lipinski definition) is 7. The number of carbonyl (C=O) groups excluding carboxylic acids is 2. The number of hydrogen-bond donors (Lipinski definition) is 3. The highest BCUT2D eigenvalue weighted by molar-refractivity contribution is 5.87. The van der Waals surface area contributed by atoms with E-state index in [0.717, 1.165) is 0 Å². The van der Waals surface area contributed by atoms with Crippen molar-refractivity contribution in [2.45, 2.75) is 36.8 Å². The number of benzene rings is 1. The van der Waals surface area contributed by atoms with Crippen LogP contribution in [0.1, 0.15) is 18.4 Å². The average molecular weight is 320 g/mol. The van der Waals surface area contributed by atoms with Crippen LogP contribution >= 0.6 is 0 Å². The normalized spacial score (nSPS) is 35.3. The third-order valence-electron chi connectivity index (χ3n) is 4.01. The van der Waals surface area contributed by atoms with Crippen LogP contribution in [0.4, 0.5) is 0 Å². The molecule has 1 saturated carbocycles. The molecule has 3 aliphatic rings. The molecule has 1 aliphatic carbocycles. The Hall–Kier alpha value is -2.22. The first kappa shape index (κ1) is 15.7. The molecule has 0 amide bonds. The molecule has 7 heteroatoms. The summed E-state index contributed by atoms with van der Waals surface area (Å²) in [5.74, 6) is -1.49. The van der Waals surface area contributed by atoms with Gasteiger partial charge in [-0.3, -0.25) is 0 Å². The molecule has 0 radical (unpaired) electrons. The summed E-state index contributed by atoms with van der Waals surface area (Å²) in [6, 6.07) is 6.31. The third kappa shape index (κ3) is 3.12. The summed E-state index contributed by atoms with van der Waals surface area (Å²) in [7, 11) is 0. The van der Waals surface area contributed by atoms with E-state index in [1.807, 2.05) is 0 Å². The molecule has 4 rings (SSSR count). The second-order valence-corrected chi connectivity index (χ2v) is 5.76. The molecular weight excluding hydrogens is 304 g/mol. The van der Waals surface area contributed by atoms with Crippen molar-refractivity contribution in [3.8, 4) is 5.75 Å². The van der Waals surface area contributed by atoms with Crippen LogP contribution in [-0.4, -0.2) is 51.2 Å². The summed E-state index contributed by atoms with van der Waals surface area (Å²) in [4.78, 5) is 24.1. The zero-order valence-corrected chi connectivity index (χ0v) is 12.1. The van der Waals surface area contributed by atoms with E-state index >= 15 is 0 Å². The monoisotopic (exact) mass is 320 g/mol. The summed E-state index contributed by atoms with van der Waals surface area (Å²) >= 11 is 0. The molecule has 0 saturated heterocycles. The Labute approximate surface area is 131 Å². The lowest BCUT2D eigenvalue weighted by atomic mass is 9.79. The average Bonchev–Trinajstić information content (AvgIpc) is 2.51. The van der Waals surface area contributed by atoms with E-state index in [9.17, 15) is 24.9 Å². The highest BCUT2D eigenvalue weighted by Crippen LogP contribution is 2.33. The van der Waals surface area contributed by atoms with Crippen molar-refractivity contribution in [1.29, 1.82) is 0 Å². The molecule has 3 N–H and O–H groups in total. The number of esters is 2. The first-order valence-electron chi connectivity index (χ1n) is 7.17. The van der Waals surface area contributed by atoms with Gasteiger partial charge in [0, 0.05) is 18.9 Å². The Balaban J connectivity index is 1.99. The standard InChI is InChI=1S/C16H16O7/c17-11-7-16(21)8-12(14(11)19)23-13(18)6-3-9-1-4-10(5-2-9)22-15(16)20/h1-6,11-12,14,17,19,21H,7-8H2/b6-3-/t11-,12-,14-,16+/m1/s1. The van der Waals surface area contributed by atoms with Gasteiger partial charge in [-0.05, 0) is 23.8 Å². The first-order valence-corrected chi connectivity index (χ1v) is 7.17. The SMILES string of the molecule is O=C1/C=C\c2ccc(cc2)OC(=O)[C@]2(O)C[C@@H](O)[C@@H](O)[C@@H](C2)O1. The van der Waals surface area contributed by atoms with Crippen molar-refractivity contribution < 1.29 is 34.4 Å². The Morgan fingerprint density at radius 2 is 1.74 bits per heavy atom. The van der Waals surface area contributed by atoms with Crippen molar-refractivity contribution in [3.63, 3.8) is 0 Å². The van der Waals surface area contributed by atoms with Gasteiger partial charge in [-0.25, -0.2) is 9.59 Å². The Bertz CT molecular complexity index is 651. The number of rotatable bonds is 0. The molecule has 0 spiro atoms. The number of fused-ring (bicyclic) bond motifs is 5. The lowest BCUT2D eigenvalue weighted by Crippen LogP contribution is -2.58. The maximum absolute atomic E-state index is 12.3. The number of aliphatic hydroxyl groups excluding tert-OH is 2. The van der Waals surface area contributed by atoms with Crippen LogP contribution in [0.15, 0.2) is 30.3 Å². The van der Waals surface area contributed by atoms with Gasteiger partial charge in [0.25, 0.3) is 0 Å². The van der Waals surface area contributed by atoms with Gasteiger partial charge in [-0.15, -0.1) is 0 Å². The Morgan fingerprint density at radius 3 is 2.43 bits per heavy atom. The highest BCUT2D eigenvalue weighted by atomic mass is 16.6. The van der Waals surface area contributed by atoms with Crippen molar-refractivity contribution in [3.05, 3.63) is 35.9 Å². The van der Waals surface area contributed by atoms with Crippen LogP contribution in [0.2, 0.25) is 0 Å². The third-order valence-corrected chi connectivity index (χ3v) is 4.01. The van der Waals surface area contributed by atoms with Gasteiger partial charge in [-0.1, -0.05) is 12.1 Å². The summed E-state index contributed by atoms with van der Waals surface area (Å²) < 4.78 is 10.2. The molecule has 2 aliphatic heterocycles. The molecule has 1 aromatic rings. The fourth-order valence-corrected chi connectivity index (χ4v) is 2.73. The Morgan fingerprint density at radius 1 is 1.04 bits per heavy atom. The predicted molar refractivity (Wildman–Crippen MR) is 77.2 cm³/mol. The van der Waals surface area contributed by atoms with E-state index in [-0.39, 0.29) is 12.2 Å². The summed E-state index contributed by atoms with van der Waals surface area (Å²) in [5.41, 5.74) is -1.37. The number of ether oxygens (including phenoxy) is 2. The van der Waals surface area contributed by atoms with Crippen LogP contribution in [-0.2, 0) is 14.3 Å². The number of carbonyl (C=O) groups is 2. The van der Waals surface area contributed by atoms with E-state index in [1.54, 1.807) is 12.1 Å². The van der Waals surface area contributed by atoms with Crippen LogP contribution < -0.4 is 4.74 Å². The van der Waals surface area contributed by atoms with Crippen molar-refractivity contribution >= 4 is 18.0 Å². The molecule has 1 fully saturated rings. The van der Waals surface area contributed by atoms with E-state index < -0.39 is 42.3 Å². The predicted octanol–water partition coefficient (Wildman–Crippen LogP) is -0.223. The molecule has 4 bridgehead atoms. The smallest absolute Gasteiger partial charge is 0.343 e. The van der Waals surface area contributed by atoms with Crippen LogP contribution in [0.25, 0.3) is 6.08 Å². The molecule has 4 atom stereocenters. The summed E-state index contributed by atoms with van der Waals surface area (Å²) in [6.45, 7) is 0. The minimum absolute atomic E-state index is 0.226. The van der Waals surface area contributed by atoms with Gasteiger partial charge in [-0.2, -0.15) is 0 Å². The van der Waals surface area contributed by atoms with E-state index in [2.05, 4.69) is 0 Å². The van der Waals surface area contributed by atoms with Crippen molar-refractivity contribution in [2.24, 2.45) is 0 Å². The lowest BCUT2D eigenvalue weighted by molar-refractivity contribution is -0.194. The maximum Gasteiger partial charge on any atom is 0.343 e. The number of aliphatic hydroxyl groups is 3. The van der Waals surface area contributed by atoms with Crippen LogP contribution in [0, 0.1) is 0 Å². The van der Waals surface area contributed by atoms with Crippen molar-refractivity contribution in [1.82, 2.24) is 0 Å².